The molecular formula is C14H22ClN3O2S. The van der Waals surface area contributed by atoms with Crippen molar-refractivity contribution in [2.45, 2.75) is 31.8 Å². The van der Waals surface area contributed by atoms with Gasteiger partial charge in [0.05, 0.1) is 4.88 Å². The number of likely N-dealkylation sites (N-methyl/N-ethyl adjacent to an activating group) is 1. The first kappa shape index (κ1) is 17.9. The van der Waals surface area contributed by atoms with E-state index in [9.17, 15) is 9.59 Å². The fraction of sp³-hybridized carbons (Fsp3) is 0.571. The van der Waals surface area contributed by atoms with Gasteiger partial charge in [0.1, 0.15) is 6.04 Å². The first-order valence-electron chi connectivity index (χ1n) is 6.93. The molecule has 2 N–H and O–H groups in total. The minimum absolute atomic E-state index is 0. The molecule has 1 aliphatic heterocycles. The van der Waals surface area contributed by atoms with Crippen LogP contribution in [0.4, 0.5) is 0 Å². The third-order valence-electron chi connectivity index (χ3n) is 3.56. The van der Waals surface area contributed by atoms with Gasteiger partial charge in [0.25, 0.3) is 5.91 Å². The summed E-state index contributed by atoms with van der Waals surface area (Å²) in [6.07, 6.45) is 2.06. The highest BCUT2D eigenvalue weighted by molar-refractivity contribution is 7.12. The van der Waals surface area contributed by atoms with E-state index >= 15 is 0 Å². The minimum Gasteiger partial charge on any atom is -0.340 e. The largest absolute Gasteiger partial charge is 0.340 e. The molecule has 0 spiro atoms. The Morgan fingerprint density at radius 1 is 1.52 bits per heavy atom. The summed E-state index contributed by atoms with van der Waals surface area (Å²) in [7, 11) is 1.89. The number of rotatable bonds is 5. The predicted molar refractivity (Wildman–Crippen MR) is 87.2 cm³/mol. The van der Waals surface area contributed by atoms with Gasteiger partial charge in [-0.2, -0.15) is 0 Å². The molecule has 2 unspecified atom stereocenters. The zero-order chi connectivity index (χ0) is 14.5. The van der Waals surface area contributed by atoms with E-state index in [4.69, 9.17) is 0 Å². The van der Waals surface area contributed by atoms with Crippen molar-refractivity contribution in [3.8, 4) is 0 Å². The van der Waals surface area contributed by atoms with Crippen molar-refractivity contribution in [3.63, 3.8) is 0 Å². The fourth-order valence-electron chi connectivity index (χ4n) is 2.56. The molecule has 1 fully saturated rings. The van der Waals surface area contributed by atoms with Crippen molar-refractivity contribution < 1.29 is 9.59 Å². The maximum Gasteiger partial charge on any atom is 0.261 e. The van der Waals surface area contributed by atoms with Crippen LogP contribution in [0.5, 0.6) is 0 Å². The van der Waals surface area contributed by atoms with E-state index < -0.39 is 6.04 Å². The molecule has 0 saturated carbocycles. The summed E-state index contributed by atoms with van der Waals surface area (Å²) in [4.78, 5) is 26.9. The van der Waals surface area contributed by atoms with Crippen molar-refractivity contribution in [2.24, 2.45) is 0 Å². The van der Waals surface area contributed by atoms with E-state index in [0.29, 0.717) is 4.88 Å². The van der Waals surface area contributed by atoms with Crippen LogP contribution < -0.4 is 10.6 Å². The molecule has 1 aromatic heterocycles. The number of nitrogens with zero attached hydrogens (tertiary/aromatic N) is 1. The standard InChI is InChI=1S/C14H21N3O2S.ClH/c1-10(16-13(18)12-6-4-8-20-12)14(19)17-7-3-5-11(17)9-15-2;/h4,6,8,10-11,15H,3,5,7,9H2,1-2H3,(H,16,18);1H. The summed E-state index contributed by atoms with van der Waals surface area (Å²) in [5.74, 6) is -0.169. The summed E-state index contributed by atoms with van der Waals surface area (Å²) in [5, 5.41) is 7.75. The third kappa shape index (κ3) is 4.43. The molecule has 0 bridgehead atoms. The number of hydrogen-bond acceptors (Lipinski definition) is 4. The highest BCUT2D eigenvalue weighted by Crippen LogP contribution is 2.18. The maximum atomic E-state index is 12.4. The molecule has 0 radical (unpaired) electrons. The topological polar surface area (TPSA) is 61.4 Å². The minimum atomic E-state index is -0.484. The zero-order valence-electron chi connectivity index (χ0n) is 12.3. The van der Waals surface area contributed by atoms with E-state index in [1.165, 1.54) is 11.3 Å². The molecule has 118 valence electrons. The first-order valence-corrected chi connectivity index (χ1v) is 7.81. The van der Waals surface area contributed by atoms with Crippen LogP contribution in [-0.4, -0.2) is 48.9 Å². The molecular weight excluding hydrogens is 310 g/mol. The van der Waals surface area contributed by atoms with Gasteiger partial charge in [-0.1, -0.05) is 6.07 Å². The average Bonchev–Trinajstić information content (AvgIpc) is 3.09. The molecule has 2 amide bonds. The molecule has 2 heterocycles. The van der Waals surface area contributed by atoms with Crippen LogP contribution in [0.2, 0.25) is 0 Å². The van der Waals surface area contributed by atoms with E-state index in [1.807, 2.05) is 23.4 Å². The molecule has 0 aliphatic carbocycles. The molecule has 21 heavy (non-hydrogen) atoms. The summed E-state index contributed by atoms with van der Waals surface area (Å²) in [5.41, 5.74) is 0. The Hall–Kier alpha value is -1.11. The second-order valence-electron chi connectivity index (χ2n) is 5.06. The SMILES string of the molecule is CNCC1CCCN1C(=O)C(C)NC(=O)c1cccs1.Cl. The Morgan fingerprint density at radius 3 is 2.90 bits per heavy atom. The second kappa shape index (κ2) is 8.36. The molecule has 2 rings (SSSR count). The number of amides is 2. The Balaban J connectivity index is 0.00000220. The van der Waals surface area contributed by atoms with Crippen molar-refractivity contribution in [1.29, 1.82) is 0 Å². The Kier molecular flexibility index (Phi) is 7.14. The lowest BCUT2D eigenvalue weighted by atomic mass is 10.2. The predicted octanol–water partition coefficient (Wildman–Crippen LogP) is 1.50. The van der Waals surface area contributed by atoms with Gasteiger partial charge in [-0.05, 0) is 38.3 Å². The fourth-order valence-corrected chi connectivity index (χ4v) is 3.19. The van der Waals surface area contributed by atoms with Gasteiger partial charge in [-0.25, -0.2) is 0 Å². The highest BCUT2D eigenvalue weighted by Gasteiger charge is 2.31. The smallest absolute Gasteiger partial charge is 0.261 e. The quantitative estimate of drug-likeness (QED) is 0.859. The van der Waals surface area contributed by atoms with Crippen molar-refractivity contribution in [2.75, 3.05) is 20.1 Å². The molecule has 7 heteroatoms. The average molecular weight is 332 g/mol. The van der Waals surface area contributed by atoms with E-state index in [0.717, 1.165) is 25.9 Å². The van der Waals surface area contributed by atoms with Crippen molar-refractivity contribution >= 4 is 35.6 Å². The van der Waals surface area contributed by atoms with Crippen LogP contribution in [0.25, 0.3) is 0 Å². The summed E-state index contributed by atoms with van der Waals surface area (Å²) >= 11 is 1.38. The molecule has 2 atom stereocenters. The molecule has 0 aromatic carbocycles. The van der Waals surface area contributed by atoms with Gasteiger partial charge >= 0.3 is 0 Å². The molecule has 1 aliphatic rings. The number of nitrogens with one attached hydrogen (secondary N) is 2. The molecule has 5 nitrogen and oxygen atoms in total. The van der Waals surface area contributed by atoms with E-state index in [1.54, 1.807) is 13.0 Å². The normalized spacial score (nSPS) is 19.0. The van der Waals surface area contributed by atoms with E-state index in [2.05, 4.69) is 10.6 Å². The van der Waals surface area contributed by atoms with Gasteiger partial charge in [-0.3, -0.25) is 9.59 Å². The number of carbonyl (C=O) groups is 2. The van der Waals surface area contributed by atoms with Crippen molar-refractivity contribution in [1.82, 2.24) is 15.5 Å². The summed E-state index contributed by atoms with van der Waals surface area (Å²) in [6.45, 7) is 3.34. The van der Waals surface area contributed by atoms with Gasteiger partial charge < -0.3 is 15.5 Å². The number of hydrogen-bond donors (Lipinski definition) is 2. The van der Waals surface area contributed by atoms with Gasteiger partial charge in [0, 0.05) is 19.1 Å². The third-order valence-corrected chi connectivity index (χ3v) is 4.43. The lowest BCUT2D eigenvalue weighted by molar-refractivity contribution is -0.133. The molecule has 1 aromatic rings. The second-order valence-corrected chi connectivity index (χ2v) is 6.01. The maximum absolute atomic E-state index is 12.4. The lowest BCUT2D eigenvalue weighted by Crippen LogP contribution is -2.50. The van der Waals surface area contributed by atoms with Gasteiger partial charge in [0.15, 0.2) is 0 Å². The van der Waals surface area contributed by atoms with Crippen LogP contribution in [0.3, 0.4) is 0 Å². The van der Waals surface area contributed by atoms with Crippen LogP contribution >= 0.6 is 23.7 Å². The van der Waals surface area contributed by atoms with Crippen LogP contribution in [-0.2, 0) is 4.79 Å². The number of halogens is 1. The summed E-state index contributed by atoms with van der Waals surface area (Å²) < 4.78 is 0. The number of likely N-dealkylation sites (tertiary alicyclic amines) is 1. The summed E-state index contributed by atoms with van der Waals surface area (Å²) in [6, 6.07) is 3.35. The van der Waals surface area contributed by atoms with Crippen LogP contribution in [0.15, 0.2) is 17.5 Å². The van der Waals surface area contributed by atoms with E-state index in [-0.39, 0.29) is 30.3 Å². The van der Waals surface area contributed by atoms with Crippen LogP contribution in [0.1, 0.15) is 29.4 Å². The number of carbonyl (C=O) groups excluding carboxylic acids is 2. The van der Waals surface area contributed by atoms with Crippen molar-refractivity contribution in [3.05, 3.63) is 22.4 Å². The first-order chi connectivity index (χ1) is 9.63. The monoisotopic (exact) mass is 331 g/mol. The molecule has 1 saturated heterocycles. The zero-order valence-corrected chi connectivity index (χ0v) is 13.9. The number of thiophene rings is 1. The highest BCUT2D eigenvalue weighted by atomic mass is 35.5. The Morgan fingerprint density at radius 2 is 2.29 bits per heavy atom. The lowest BCUT2D eigenvalue weighted by Gasteiger charge is -2.27. The van der Waals surface area contributed by atoms with Gasteiger partial charge in [-0.15, -0.1) is 23.7 Å². The van der Waals surface area contributed by atoms with Crippen LogP contribution in [0, 0.1) is 0 Å². The van der Waals surface area contributed by atoms with Gasteiger partial charge in [0.2, 0.25) is 5.91 Å². The Labute approximate surface area is 135 Å². The Bertz CT molecular complexity index is 467.